The van der Waals surface area contributed by atoms with E-state index in [0.717, 1.165) is 6.54 Å². The standard InChI is InChI=1S/C18H37N3O2/c1-7-10-21-11-8-15(9-12-21)19-13-16(14(2)3)20-17(22)23-18(4,5)6/h14-16,19H,7-13H2,1-6H3,(H,20,22). The van der Waals surface area contributed by atoms with Gasteiger partial charge in [0.1, 0.15) is 5.60 Å². The number of alkyl carbamates (subject to hydrolysis) is 1. The van der Waals surface area contributed by atoms with Gasteiger partial charge in [-0.25, -0.2) is 4.79 Å². The Balaban J connectivity index is 2.35. The van der Waals surface area contributed by atoms with E-state index in [-0.39, 0.29) is 12.1 Å². The molecule has 5 heteroatoms. The lowest BCUT2D eigenvalue weighted by Crippen LogP contribution is -2.50. The van der Waals surface area contributed by atoms with E-state index in [4.69, 9.17) is 4.74 Å². The lowest BCUT2D eigenvalue weighted by molar-refractivity contribution is 0.0488. The normalized spacial score (nSPS) is 18.9. The van der Waals surface area contributed by atoms with Gasteiger partial charge in [-0.1, -0.05) is 20.8 Å². The fraction of sp³-hybridized carbons (Fsp3) is 0.944. The summed E-state index contributed by atoms with van der Waals surface area (Å²) < 4.78 is 5.37. The van der Waals surface area contributed by atoms with Crippen LogP contribution in [0.15, 0.2) is 0 Å². The van der Waals surface area contributed by atoms with Crippen molar-refractivity contribution in [1.29, 1.82) is 0 Å². The number of carbonyl (C=O) groups is 1. The second-order valence-corrected chi connectivity index (χ2v) is 8.02. The lowest BCUT2D eigenvalue weighted by atomic mass is 10.0. The van der Waals surface area contributed by atoms with Crippen LogP contribution in [0, 0.1) is 5.92 Å². The largest absolute Gasteiger partial charge is 0.444 e. The number of rotatable bonds is 7. The highest BCUT2D eigenvalue weighted by Gasteiger charge is 2.23. The molecule has 0 spiro atoms. The molecule has 0 radical (unpaired) electrons. The molecule has 136 valence electrons. The molecule has 0 aromatic carbocycles. The highest BCUT2D eigenvalue weighted by molar-refractivity contribution is 5.68. The molecular formula is C18H37N3O2. The summed E-state index contributed by atoms with van der Waals surface area (Å²) in [6.45, 7) is 16.5. The first-order valence-electron chi connectivity index (χ1n) is 9.16. The van der Waals surface area contributed by atoms with Crippen LogP contribution in [-0.4, -0.2) is 54.9 Å². The molecule has 1 fully saturated rings. The van der Waals surface area contributed by atoms with Gasteiger partial charge in [0.2, 0.25) is 0 Å². The van der Waals surface area contributed by atoms with Crippen molar-refractivity contribution in [2.24, 2.45) is 5.92 Å². The molecule has 1 aliphatic rings. The molecule has 1 rings (SSSR count). The third-order valence-corrected chi connectivity index (χ3v) is 4.26. The minimum atomic E-state index is -0.453. The summed E-state index contributed by atoms with van der Waals surface area (Å²) in [7, 11) is 0. The number of piperidine rings is 1. The number of likely N-dealkylation sites (tertiary alicyclic amines) is 1. The third kappa shape index (κ3) is 8.56. The van der Waals surface area contributed by atoms with E-state index < -0.39 is 5.60 Å². The van der Waals surface area contributed by atoms with Crippen molar-refractivity contribution in [3.05, 3.63) is 0 Å². The zero-order valence-corrected chi connectivity index (χ0v) is 15.9. The highest BCUT2D eigenvalue weighted by Crippen LogP contribution is 2.12. The minimum Gasteiger partial charge on any atom is -0.444 e. The van der Waals surface area contributed by atoms with Crippen LogP contribution in [0.3, 0.4) is 0 Å². The molecule has 0 saturated carbocycles. The van der Waals surface area contributed by atoms with E-state index >= 15 is 0 Å². The molecule has 0 bridgehead atoms. The van der Waals surface area contributed by atoms with Crippen molar-refractivity contribution in [1.82, 2.24) is 15.5 Å². The Morgan fingerprint density at radius 3 is 2.35 bits per heavy atom. The SMILES string of the molecule is CCCN1CCC(NCC(NC(=O)OC(C)(C)C)C(C)C)CC1. The van der Waals surface area contributed by atoms with Gasteiger partial charge < -0.3 is 20.3 Å². The van der Waals surface area contributed by atoms with Gasteiger partial charge in [0, 0.05) is 18.6 Å². The van der Waals surface area contributed by atoms with Gasteiger partial charge in [0.25, 0.3) is 0 Å². The van der Waals surface area contributed by atoms with Gasteiger partial charge in [-0.3, -0.25) is 0 Å². The Morgan fingerprint density at radius 1 is 1.26 bits per heavy atom. The summed E-state index contributed by atoms with van der Waals surface area (Å²) in [5.41, 5.74) is -0.453. The topological polar surface area (TPSA) is 53.6 Å². The van der Waals surface area contributed by atoms with Gasteiger partial charge in [0.05, 0.1) is 0 Å². The molecule has 0 aromatic heterocycles. The van der Waals surface area contributed by atoms with Crippen LogP contribution in [0.25, 0.3) is 0 Å². The Labute approximate surface area is 142 Å². The summed E-state index contributed by atoms with van der Waals surface area (Å²) in [5.74, 6) is 0.371. The molecular weight excluding hydrogens is 290 g/mol. The predicted octanol–water partition coefficient (Wildman–Crippen LogP) is 3.00. The van der Waals surface area contributed by atoms with Crippen LogP contribution in [-0.2, 0) is 4.74 Å². The second-order valence-electron chi connectivity index (χ2n) is 8.02. The average molecular weight is 328 g/mol. The van der Waals surface area contributed by atoms with Crippen LogP contribution in [0.1, 0.15) is 60.8 Å². The molecule has 2 N–H and O–H groups in total. The minimum absolute atomic E-state index is 0.0959. The van der Waals surface area contributed by atoms with Gasteiger partial charge in [-0.05, 0) is 65.6 Å². The lowest BCUT2D eigenvalue weighted by Gasteiger charge is -2.33. The van der Waals surface area contributed by atoms with E-state index in [9.17, 15) is 4.79 Å². The summed E-state index contributed by atoms with van der Waals surface area (Å²) in [6.07, 6.45) is 3.29. The smallest absolute Gasteiger partial charge is 0.407 e. The van der Waals surface area contributed by atoms with Crippen molar-refractivity contribution in [3.63, 3.8) is 0 Å². The van der Waals surface area contributed by atoms with Gasteiger partial charge >= 0.3 is 6.09 Å². The molecule has 0 aliphatic carbocycles. The zero-order chi connectivity index (χ0) is 17.5. The van der Waals surface area contributed by atoms with E-state index in [0.29, 0.717) is 12.0 Å². The first-order chi connectivity index (χ1) is 10.7. The molecule has 1 saturated heterocycles. The number of carbonyl (C=O) groups excluding carboxylic acids is 1. The quantitative estimate of drug-likeness (QED) is 0.755. The van der Waals surface area contributed by atoms with Crippen molar-refractivity contribution < 1.29 is 9.53 Å². The Hall–Kier alpha value is -0.810. The van der Waals surface area contributed by atoms with Gasteiger partial charge in [-0.15, -0.1) is 0 Å². The van der Waals surface area contributed by atoms with Crippen molar-refractivity contribution in [2.75, 3.05) is 26.2 Å². The zero-order valence-electron chi connectivity index (χ0n) is 15.9. The van der Waals surface area contributed by atoms with Crippen molar-refractivity contribution >= 4 is 6.09 Å². The van der Waals surface area contributed by atoms with E-state index in [2.05, 4.69) is 36.3 Å². The molecule has 23 heavy (non-hydrogen) atoms. The molecule has 1 atom stereocenters. The predicted molar refractivity (Wildman–Crippen MR) is 95.8 cm³/mol. The summed E-state index contributed by atoms with van der Waals surface area (Å²) in [6, 6.07) is 0.656. The number of nitrogens with one attached hydrogen (secondary N) is 2. The first-order valence-corrected chi connectivity index (χ1v) is 9.16. The molecule has 5 nitrogen and oxygen atoms in total. The van der Waals surface area contributed by atoms with Crippen LogP contribution >= 0.6 is 0 Å². The molecule has 1 amide bonds. The van der Waals surface area contributed by atoms with Gasteiger partial charge in [-0.2, -0.15) is 0 Å². The fourth-order valence-corrected chi connectivity index (χ4v) is 2.88. The van der Waals surface area contributed by atoms with Crippen LogP contribution in [0.2, 0.25) is 0 Å². The second kappa shape index (κ2) is 9.48. The fourth-order valence-electron chi connectivity index (χ4n) is 2.88. The summed E-state index contributed by atoms with van der Waals surface area (Å²) in [4.78, 5) is 14.5. The van der Waals surface area contributed by atoms with E-state index in [1.807, 2.05) is 20.8 Å². The van der Waals surface area contributed by atoms with Crippen LogP contribution in [0.5, 0.6) is 0 Å². The van der Waals surface area contributed by atoms with E-state index in [1.165, 1.54) is 38.9 Å². The maximum Gasteiger partial charge on any atom is 0.407 e. The molecule has 1 heterocycles. The maximum absolute atomic E-state index is 12.0. The number of nitrogens with zero attached hydrogens (tertiary/aromatic N) is 1. The van der Waals surface area contributed by atoms with Crippen LogP contribution < -0.4 is 10.6 Å². The maximum atomic E-state index is 12.0. The molecule has 1 unspecified atom stereocenters. The summed E-state index contributed by atoms with van der Waals surface area (Å²) in [5, 5.41) is 6.64. The molecule has 1 aliphatic heterocycles. The van der Waals surface area contributed by atoms with Crippen LogP contribution in [0.4, 0.5) is 4.79 Å². The third-order valence-electron chi connectivity index (χ3n) is 4.26. The van der Waals surface area contributed by atoms with Gasteiger partial charge in [0.15, 0.2) is 0 Å². The Kier molecular flexibility index (Phi) is 8.34. The average Bonchev–Trinajstić information content (AvgIpc) is 2.43. The Bertz CT molecular complexity index is 345. The number of amides is 1. The van der Waals surface area contributed by atoms with Crippen molar-refractivity contribution in [2.45, 2.75) is 78.5 Å². The Morgan fingerprint density at radius 2 is 1.87 bits per heavy atom. The molecule has 0 aromatic rings. The number of ether oxygens (including phenoxy) is 1. The number of hydrogen-bond acceptors (Lipinski definition) is 4. The number of hydrogen-bond donors (Lipinski definition) is 2. The first kappa shape index (κ1) is 20.2. The van der Waals surface area contributed by atoms with Crippen molar-refractivity contribution in [3.8, 4) is 0 Å². The van der Waals surface area contributed by atoms with E-state index in [1.54, 1.807) is 0 Å². The highest BCUT2D eigenvalue weighted by atomic mass is 16.6. The summed E-state index contributed by atoms with van der Waals surface area (Å²) >= 11 is 0. The monoisotopic (exact) mass is 327 g/mol.